The van der Waals surface area contributed by atoms with E-state index in [4.69, 9.17) is 10.5 Å². The summed E-state index contributed by atoms with van der Waals surface area (Å²) in [4.78, 5) is 11.7. The van der Waals surface area contributed by atoms with Crippen molar-refractivity contribution in [3.8, 4) is 5.75 Å². The second-order valence-corrected chi connectivity index (χ2v) is 5.16. The van der Waals surface area contributed by atoms with Crippen LogP contribution < -0.4 is 15.8 Å². The molecule has 3 N–H and O–H groups in total. The van der Waals surface area contributed by atoms with Gasteiger partial charge in [-0.2, -0.15) is 0 Å². The van der Waals surface area contributed by atoms with Gasteiger partial charge in [-0.1, -0.05) is 15.9 Å². The van der Waals surface area contributed by atoms with Crippen LogP contribution in [0.25, 0.3) is 0 Å². The first-order valence-corrected chi connectivity index (χ1v) is 7.04. The Balaban J connectivity index is 1.90. The summed E-state index contributed by atoms with van der Waals surface area (Å²) in [5.41, 5.74) is 7.01. The lowest BCUT2D eigenvalue weighted by Crippen LogP contribution is -2.20. The van der Waals surface area contributed by atoms with Gasteiger partial charge >= 0.3 is 0 Å². The Bertz CT molecular complexity index is 632. The van der Waals surface area contributed by atoms with Crippen LogP contribution in [-0.2, 0) is 11.3 Å². The van der Waals surface area contributed by atoms with Gasteiger partial charge in [0.25, 0.3) is 5.91 Å². The van der Waals surface area contributed by atoms with E-state index in [1.54, 1.807) is 12.1 Å². The van der Waals surface area contributed by atoms with Gasteiger partial charge in [0.15, 0.2) is 6.61 Å². The van der Waals surface area contributed by atoms with Gasteiger partial charge < -0.3 is 15.8 Å². The van der Waals surface area contributed by atoms with Crippen LogP contribution >= 0.6 is 15.9 Å². The molecule has 6 heteroatoms. The van der Waals surface area contributed by atoms with E-state index in [1.807, 2.05) is 6.07 Å². The lowest BCUT2D eigenvalue weighted by Gasteiger charge is -2.09. The molecule has 0 atom stereocenters. The minimum Gasteiger partial charge on any atom is -0.484 e. The Labute approximate surface area is 130 Å². The SMILES string of the molecule is NCc1cc(OCC(=O)Nc2ccc(F)cc2)ccc1Br. The molecule has 0 unspecified atom stereocenters. The predicted molar refractivity (Wildman–Crippen MR) is 82.6 cm³/mol. The number of carbonyl (C=O) groups excluding carboxylic acids is 1. The fourth-order valence-electron chi connectivity index (χ4n) is 1.68. The first-order valence-electron chi connectivity index (χ1n) is 6.25. The van der Waals surface area contributed by atoms with Gasteiger partial charge in [-0.15, -0.1) is 0 Å². The maximum Gasteiger partial charge on any atom is 0.262 e. The standard InChI is InChI=1S/C15H14BrFN2O2/c16-14-6-5-13(7-10(14)8-18)21-9-15(20)19-12-3-1-11(17)2-4-12/h1-7H,8-9,18H2,(H,19,20). The normalized spacial score (nSPS) is 10.2. The van der Waals surface area contributed by atoms with Crippen LogP contribution in [0, 0.1) is 5.82 Å². The van der Waals surface area contributed by atoms with E-state index in [0.717, 1.165) is 10.0 Å². The van der Waals surface area contributed by atoms with Crippen molar-refractivity contribution < 1.29 is 13.9 Å². The largest absolute Gasteiger partial charge is 0.484 e. The minimum atomic E-state index is -0.353. The molecular formula is C15H14BrFN2O2. The number of anilines is 1. The number of ether oxygens (including phenoxy) is 1. The summed E-state index contributed by atoms with van der Waals surface area (Å²) < 4.78 is 19.0. The van der Waals surface area contributed by atoms with E-state index in [0.29, 0.717) is 18.0 Å². The summed E-state index contributed by atoms with van der Waals surface area (Å²) in [6.07, 6.45) is 0. The highest BCUT2D eigenvalue weighted by Gasteiger charge is 2.06. The van der Waals surface area contributed by atoms with Crippen molar-refractivity contribution in [2.24, 2.45) is 5.73 Å². The van der Waals surface area contributed by atoms with Crippen molar-refractivity contribution in [3.05, 3.63) is 58.3 Å². The number of halogens is 2. The second-order valence-electron chi connectivity index (χ2n) is 4.30. The van der Waals surface area contributed by atoms with Crippen LogP contribution in [-0.4, -0.2) is 12.5 Å². The van der Waals surface area contributed by atoms with E-state index in [1.165, 1.54) is 24.3 Å². The van der Waals surface area contributed by atoms with Crippen molar-refractivity contribution in [2.45, 2.75) is 6.54 Å². The van der Waals surface area contributed by atoms with Crippen LogP contribution in [0.2, 0.25) is 0 Å². The molecule has 2 aromatic carbocycles. The van der Waals surface area contributed by atoms with E-state index in [9.17, 15) is 9.18 Å². The summed E-state index contributed by atoms with van der Waals surface area (Å²) in [6, 6.07) is 10.9. The highest BCUT2D eigenvalue weighted by Crippen LogP contribution is 2.22. The van der Waals surface area contributed by atoms with Crippen molar-refractivity contribution in [1.82, 2.24) is 0 Å². The molecule has 0 radical (unpaired) electrons. The van der Waals surface area contributed by atoms with E-state index in [-0.39, 0.29) is 18.3 Å². The van der Waals surface area contributed by atoms with Gasteiger partial charge in [-0.05, 0) is 48.0 Å². The maximum absolute atomic E-state index is 12.7. The van der Waals surface area contributed by atoms with Crippen molar-refractivity contribution in [3.63, 3.8) is 0 Å². The number of amides is 1. The molecule has 0 spiro atoms. The van der Waals surface area contributed by atoms with Crippen LogP contribution in [0.15, 0.2) is 46.9 Å². The third-order valence-corrected chi connectivity index (χ3v) is 3.51. The fraction of sp³-hybridized carbons (Fsp3) is 0.133. The number of nitrogens with one attached hydrogen (secondary N) is 1. The van der Waals surface area contributed by atoms with Gasteiger partial charge in [0.2, 0.25) is 0 Å². The molecule has 0 aliphatic rings. The van der Waals surface area contributed by atoms with Crippen LogP contribution in [0.1, 0.15) is 5.56 Å². The number of benzene rings is 2. The summed E-state index contributed by atoms with van der Waals surface area (Å²) >= 11 is 3.38. The van der Waals surface area contributed by atoms with E-state index in [2.05, 4.69) is 21.2 Å². The Morgan fingerprint density at radius 3 is 2.62 bits per heavy atom. The molecule has 0 bridgehead atoms. The lowest BCUT2D eigenvalue weighted by molar-refractivity contribution is -0.118. The molecule has 2 aromatic rings. The van der Waals surface area contributed by atoms with Gasteiger partial charge in [-0.3, -0.25) is 4.79 Å². The van der Waals surface area contributed by atoms with Crippen LogP contribution in [0.3, 0.4) is 0 Å². The second kappa shape index (κ2) is 7.19. The van der Waals surface area contributed by atoms with Crippen molar-refractivity contribution >= 4 is 27.5 Å². The molecule has 2 rings (SSSR count). The zero-order valence-corrected chi connectivity index (χ0v) is 12.7. The maximum atomic E-state index is 12.7. The summed E-state index contributed by atoms with van der Waals surface area (Å²) in [5, 5.41) is 2.61. The molecule has 0 fully saturated rings. The van der Waals surface area contributed by atoms with Crippen LogP contribution in [0.4, 0.5) is 10.1 Å². The predicted octanol–water partition coefficient (Wildman–Crippen LogP) is 3.06. The Morgan fingerprint density at radius 2 is 1.95 bits per heavy atom. The van der Waals surface area contributed by atoms with Crippen molar-refractivity contribution in [2.75, 3.05) is 11.9 Å². The van der Waals surface area contributed by atoms with Crippen molar-refractivity contribution in [1.29, 1.82) is 0 Å². The Morgan fingerprint density at radius 1 is 1.24 bits per heavy atom. The van der Waals surface area contributed by atoms with Crippen LogP contribution in [0.5, 0.6) is 5.75 Å². The molecule has 0 heterocycles. The summed E-state index contributed by atoms with van der Waals surface area (Å²) in [7, 11) is 0. The van der Waals surface area contributed by atoms with E-state index >= 15 is 0 Å². The van der Waals surface area contributed by atoms with Gasteiger partial charge in [0.05, 0.1) is 0 Å². The first-order chi connectivity index (χ1) is 10.1. The summed E-state index contributed by atoms with van der Waals surface area (Å²) in [6.45, 7) is 0.239. The zero-order valence-electron chi connectivity index (χ0n) is 11.1. The average Bonchev–Trinajstić information content (AvgIpc) is 2.49. The topological polar surface area (TPSA) is 64.3 Å². The number of rotatable bonds is 5. The molecule has 0 aliphatic heterocycles. The zero-order chi connectivity index (χ0) is 15.2. The third kappa shape index (κ3) is 4.54. The van der Waals surface area contributed by atoms with Gasteiger partial charge in [0.1, 0.15) is 11.6 Å². The highest BCUT2D eigenvalue weighted by molar-refractivity contribution is 9.10. The number of hydrogen-bond acceptors (Lipinski definition) is 3. The number of nitrogens with two attached hydrogens (primary N) is 1. The molecular weight excluding hydrogens is 339 g/mol. The molecule has 0 aromatic heterocycles. The Kier molecular flexibility index (Phi) is 5.30. The summed E-state index contributed by atoms with van der Waals surface area (Å²) in [5.74, 6) is -0.111. The average molecular weight is 353 g/mol. The molecule has 0 saturated heterocycles. The molecule has 1 amide bonds. The lowest BCUT2D eigenvalue weighted by atomic mass is 10.2. The highest BCUT2D eigenvalue weighted by atomic mass is 79.9. The molecule has 21 heavy (non-hydrogen) atoms. The molecule has 0 saturated carbocycles. The first kappa shape index (κ1) is 15.5. The smallest absolute Gasteiger partial charge is 0.262 e. The monoisotopic (exact) mass is 352 g/mol. The fourth-order valence-corrected chi connectivity index (χ4v) is 2.08. The third-order valence-electron chi connectivity index (χ3n) is 2.74. The molecule has 110 valence electrons. The van der Waals surface area contributed by atoms with E-state index < -0.39 is 0 Å². The molecule has 0 aliphatic carbocycles. The molecule has 4 nitrogen and oxygen atoms in total. The number of hydrogen-bond donors (Lipinski definition) is 2. The quantitative estimate of drug-likeness (QED) is 0.868. The van der Waals surface area contributed by atoms with Gasteiger partial charge in [-0.25, -0.2) is 4.39 Å². The van der Waals surface area contributed by atoms with Gasteiger partial charge in [0, 0.05) is 16.7 Å². The Hall–Kier alpha value is -1.92. The number of carbonyl (C=O) groups is 1. The minimum absolute atomic E-state index is 0.136.